The average Bonchev–Trinajstić information content (AvgIpc) is 3.53. The molecule has 42 heavy (non-hydrogen) atoms. The molecule has 0 spiro atoms. The molecule has 0 heterocycles. The van der Waals surface area contributed by atoms with E-state index in [0.717, 1.165) is 25.4 Å². The van der Waals surface area contributed by atoms with Crippen molar-refractivity contribution in [3.63, 3.8) is 0 Å². The van der Waals surface area contributed by atoms with Gasteiger partial charge >= 0.3 is 0 Å². The van der Waals surface area contributed by atoms with Crippen LogP contribution in [0.3, 0.4) is 0 Å². The van der Waals surface area contributed by atoms with Crippen LogP contribution in [0.25, 0.3) is 0 Å². The summed E-state index contributed by atoms with van der Waals surface area (Å²) >= 11 is 0. The highest BCUT2D eigenvalue weighted by molar-refractivity contribution is 6.74. The highest BCUT2D eigenvalue weighted by Crippen LogP contribution is 2.59. The Kier molecular flexibility index (Phi) is 12.3. The lowest BCUT2D eigenvalue weighted by Crippen LogP contribution is -2.41. The van der Waals surface area contributed by atoms with Gasteiger partial charge in [-0.2, -0.15) is 0 Å². The maximum atomic E-state index is 6.55. The van der Waals surface area contributed by atoms with Crippen LogP contribution in [0.4, 0.5) is 0 Å². The van der Waals surface area contributed by atoms with Crippen LogP contribution < -0.4 is 0 Å². The smallest absolute Gasteiger partial charge is 0.191 e. The lowest BCUT2D eigenvalue weighted by atomic mass is 9.61. The molecule has 3 unspecified atom stereocenters. The summed E-state index contributed by atoms with van der Waals surface area (Å²) in [5, 5.41) is 0.273. The average molecular weight is 595 g/mol. The summed E-state index contributed by atoms with van der Waals surface area (Å²) in [5.41, 5.74) is 5.75. The van der Waals surface area contributed by atoms with E-state index < -0.39 is 8.32 Å². The molecule has 1 aliphatic carbocycles. The Labute approximate surface area is 264 Å². The van der Waals surface area contributed by atoms with Crippen molar-refractivity contribution in [2.45, 2.75) is 159 Å². The van der Waals surface area contributed by atoms with Gasteiger partial charge in [0.25, 0.3) is 0 Å². The van der Waals surface area contributed by atoms with E-state index in [1.54, 1.807) is 5.57 Å². The van der Waals surface area contributed by atoms with Crippen LogP contribution in [-0.4, -0.2) is 14.9 Å². The second-order valence-electron chi connectivity index (χ2n) is 18.4. The van der Waals surface area contributed by atoms with Gasteiger partial charge in [-0.05, 0) is 123 Å². The van der Waals surface area contributed by atoms with Crippen LogP contribution in [0.2, 0.25) is 18.1 Å². The molecule has 1 saturated carbocycles. The molecule has 1 fully saturated rings. The van der Waals surface area contributed by atoms with Crippen LogP contribution in [-0.2, 0) is 4.43 Å². The molecule has 1 aliphatic rings. The van der Waals surface area contributed by atoms with Gasteiger partial charge in [-0.3, -0.25) is 0 Å². The fourth-order valence-corrected chi connectivity index (χ4v) is 8.16. The molecule has 0 radical (unpaired) electrons. The molecule has 240 valence electrons. The van der Waals surface area contributed by atoms with Crippen molar-refractivity contribution in [3.05, 3.63) is 59.2 Å². The predicted molar refractivity (Wildman–Crippen MR) is 191 cm³/mol. The molecule has 1 aromatic carbocycles. The van der Waals surface area contributed by atoms with Crippen LogP contribution in [0.5, 0.6) is 0 Å². The fraction of sp³-hybridized carbons (Fsp3) is 0.750. The molecule has 1 aromatic rings. The van der Waals surface area contributed by atoms with E-state index in [9.17, 15) is 0 Å². The lowest BCUT2D eigenvalue weighted by Gasteiger charge is -2.44. The monoisotopic (exact) mass is 595 g/mol. The van der Waals surface area contributed by atoms with E-state index in [4.69, 9.17) is 4.43 Å². The molecule has 0 amide bonds. The van der Waals surface area contributed by atoms with E-state index in [1.807, 2.05) is 0 Å². The Morgan fingerprint density at radius 1 is 0.929 bits per heavy atom. The SMILES string of the molecule is CC(C)=CCC1(C)CC1/C(C)=C/CC(C)(C)CC(C)(C)C(CC(C)(C)CCCO[Si](C)(C)C(C)(C)C)c1ccccc1. The Bertz CT molecular complexity index is 1040. The summed E-state index contributed by atoms with van der Waals surface area (Å²) in [6.07, 6.45) is 13.5. The molecule has 3 atom stereocenters. The molecule has 0 saturated heterocycles. The Morgan fingerprint density at radius 3 is 2.07 bits per heavy atom. The van der Waals surface area contributed by atoms with E-state index in [-0.39, 0.29) is 21.3 Å². The van der Waals surface area contributed by atoms with Crippen molar-refractivity contribution in [1.29, 1.82) is 0 Å². The molecule has 2 rings (SSSR count). The van der Waals surface area contributed by atoms with Crippen molar-refractivity contribution >= 4 is 8.32 Å². The first-order chi connectivity index (χ1) is 19.0. The Hall–Kier alpha value is -1.12. The maximum absolute atomic E-state index is 6.55. The van der Waals surface area contributed by atoms with Gasteiger partial charge in [-0.1, -0.05) is 123 Å². The van der Waals surface area contributed by atoms with Gasteiger partial charge in [0.2, 0.25) is 0 Å². The molecule has 0 aliphatic heterocycles. The second-order valence-corrected chi connectivity index (χ2v) is 23.2. The third kappa shape index (κ3) is 11.1. The van der Waals surface area contributed by atoms with Crippen molar-refractivity contribution < 1.29 is 4.43 Å². The minimum absolute atomic E-state index is 0.194. The molecule has 2 heteroatoms. The molecular formula is C40H70OSi. The van der Waals surface area contributed by atoms with Crippen molar-refractivity contribution in [1.82, 2.24) is 0 Å². The third-order valence-electron chi connectivity index (χ3n) is 11.0. The molecule has 0 N–H and O–H groups in total. The summed E-state index contributed by atoms with van der Waals surface area (Å²) in [5.74, 6) is 1.28. The van der Waals surface area contributed by atoms with Crippen molar-refractivity contribution in [2.24, 2.45) is 27.6 Å². The quantitative estimate of drug-likeness (QED) is 0.105. The first-order valence-corrected chi connectivity index (χ1v) is 19.9. The molecular weight excluding hydrogens is 525 g/mol. The zero-order valence-corrected chi connectivity index (χ0v) is 31.8. The second kappa shape index (κ2) is 13.9. The van der Waals surface area contributed by atoms with Crippen LogP contribution in [0.15, 0.2) is 53.6 Å². The number of hydrogen-bond acceptors (Lipinski definition) is 1. The standard InChI is InChI=1S/C40H70OSi/c1-31(2)22-26-40(13)29-34(40)32(3)23-25-38(9,10)30-39(11,12)35(33-20-17-16-18-21-33)28-37(7,8)24-19-27-41-42(14,15)36(4,5)6/h16-18,20-23,34-35H,19,24-30H2,1-15H3/b32-23+. The number of rotatable bonds is 16. The number of hydrogen-bond donors (Lipinski definition) is 0. The summed E-state index contributed by atoms with van der Waals surface area (Å²) in [7, 11) is -1.69. The summed E-state index contributed by atoms with van der Waals surface area (Å²) in [6, 6.07) is 11.4. The van der Waals surface area contributed by atoms with Gasteiger partial charge in [0.15, 0.2) is 8.32 Å². The van der Waals surface area contributed by atoms with E-state index >= 15 is 0 Å². The van der Waals surface area contributed by atoms with Gasteiger partial charge in [0.1, 0.15) is 0 Å². The topological polar surface area (TPSA) is 9.23 Å². The Morgan fingerprint density at radius 2 is 1.52 bits per heavy atom. The minimum Gasteiger partial charge on any atom is -0.417 e. The number of benzene rings is 1. The largest absolute Gasteiger partial charge is 0.417 e. The number of allylic oxidation sites excluding steroid dienone is 4. The van der Waals surface area contributed by atoms with E-state index in [2.05, 4.69) is 146 Å². The summed E-state index contributed by atoms with van der Waals surface area (Å²) in [6.45, 7) is 37.0. The van der Waals surface area contributed by atoms with Gasteiger partial charge in [0, 0.05) is 6.61 Å². The fourth-order valence-electron chi connectivity index (χ4n) is 7.07. The summed E-state index contributed by atoms with van der Waals surface area (Å²) in [4.78, 5) is 0. The molecule has 0 aromatic heterocycles. The normalized spacial score (nSPS) is 21.3. The molecule has 0 bridgehead atoms. The maximum Gasteiger partial charge on any atom is 0.191 e. The molecule has 1 nitrogen and oxygen atoms in total. The third-order valence-corrected chi connectivity index (χ3v) is 15.5. The van der Waals surface area contributed by atoms with Crippen molar-refractivity contribution in [3.8, 4) is 0 Å². The zero-order chi connectivity index (χ0) is 32.2. The van der Waals surface area contributed by atoms with Gasteiger partial charge < -0.3 is 4.43 Å². The highest BCUT2D eigenvalue weighted by Gasteiger charge is 2.49. The van der Waals surface area contributed by atoms with E-state index in [0.29, 0.717) is 11.3 Å². The summed E-state index contributed by atoms with van der Waals surface area (Å²) < 4.78 is 6.55. The minimum atomic E-state index is -1.69. The van der Waals surface area contributed by atoms with Crippen LogP contribution >= 0.6 is 0 Å². The van der Waals surface area contributed by atoms with Crippen LogP contribution in [0.1, 0.15) is 146 Å². The van der Waals surface area contributed by atoms with Gasteiger partial charge in [0.05, 0.1) is 0 Å². The predicted octanol–water partition coefficient (Wildman–Crippen LogP) is 13.1. The zero-order valence-electron chi connectivity index (χ0n) is 30.8. The lowest BCUT2D eigenvalue weighted by molar-refractivity contribution is 0.121. The highest BCUT2D eigenvalue weighted by atomic mass is 28.4. The van der Waals surface area contributed by atoms with Crippen molar-refractivity contribution in [2.75, 3.05) is 6.61 Å². The van der Waals surface area contributed by atoms with Gasteiger partial charge in [-0.15, -0.1) is 0 Å². The Balaban J connectivity index is 2.11. The first kappa shape index (κ1) is 37.1. The van der Waals surface area contributed by atoms with Gasteiger partial charge in [-0.25, -0.2) is 0 Å². The van der Waals surface area contributed by atoms with E-state index in [1.165, 1.54) is 43.2 Å². The van der Waals surface area contributed by atoms with Crippen LogP contribution in [0, 0.1) is 27.6 Å². The first-order valence-electron chi connectivity index (χ1n) is 17.0.